The summed E-state index contributed by atoms with van der Waals surface area (Å²) in [6, 6.07) is 23.1. The molecular weight excluding hydrogens is 442 g/mol. The number of hydrogen-bond donors (Lipinski definition) is 3. The summed E-state index contributed by atoms with van der Waals surface area (Å²) in [6.07, 6.45) is 0. The van der Waals surface area contributed by atoms with Crippen LogP contribution in [0.3, 0.4) is 0 Å². The number of carbonyl (C=O) groups is 2. The zero-order valence-corrected chi connectivity index (χ0v) is 19.6. The maximum Gasteiger partial charge on any atom is 0.258 e. The summed E-state index contributed by atoms with van der Waals surface area (Å²) >= 11 is 0. The average molecular weight is 470 g/mol. The number of aromatic nitrogens is 2. The van der Waals surface area contributed by atoms with Crippen LogP contribution < -0.4 is 16.2 Å². The van der Waals surface area contributed by atoms with Crippen LogP contribution in [0.2, 0.25) is 0 Å². The second-order valence-corrected chi connectivity index (χ2v) is 8.44. The summed E-state index contributed by atoms with van der Waals surface area (Å²) < 4.78 is 0. The van der Waals surface area contributed by atoms with Gasteiger partial charge in [-0.1, -0.05) is 42.5 Å². The third kappa shape index (κ3) is 5.99. The molecule has 1 aromatic heterocycles. The summed E-state index contributed by atoms with van der Waals surface area (Å²) in [4.78, 5) is 47.4. The maximum atomic E-state index is 13.0. The van der Waals surface area contributed by atoms with Crippen LogP contribution in [0, 0.1) is 0 Å². The van der Waals surface area contributed by atoms with Crippen molar-refractivity contribution in [2.24, 2.45) is 0 Å². The van der Waals surface area contributed by atoms with Crippen LogP contribution in [0.5, 0.6) is 0 Å². The van der Waals surface area contributed by atoms with Gasteiger partial charge in [0.05, 0.1) is 35.2 Å². The fourth-order valence-electron chi connectivity index (χ4n) is 3.71. The van der Waals surface area contributed by atoms with Crippen LogP contribution in [0.15, 0.2) is 83.7 Å². The monoisotopic (exact) mass is 469 g/mol. The lowest BCUT2D eigenvalue weighted by atomic mass is 10.1. The summed E-state index contributed by atoms with van der Waals surface area (Å²) in [7, 11) is 0. The SMILES string of the molecule is CC(C)N(CC(=O)Nc1ccccc1C(=O)Nc1ccccc1)Cc1nc2ccccc2c(=O)[nH]1. The minimum absolute atomic E-state index is 0.00847. The molecule has 0 fully saturated rings. The first-order valence-electron chi connectivity index (χ1n) is 11.4. The molecule has 8 nitrogen and oxygen atoms in total. The molecule has 0 radical (unpaired) electrons. The number of rotatable bonds is 8. The average Bonchev–Trinajstić information content (AvgIpc) is 2.84. The fourth-order valence-corrected chi connectivity index (χ4v) is 3.71. The fraction of sp³-hybridized carbons (Fsp3) is 0.185. The molecule has 0 bridgehead atoms. The van der Waals surface area contributed by atoms with Gasteiger partial charge < -0.3 is 15.6 Å². The highest BCUT2D eigenvalue weighted by molar-refractivity contribution is 6.10. The minimum atomic E-state index is -0.314. The molecule has 3 N–H and O–H groups in total. The third-order valence-corrected chi connectivity index (χ3v) is 5.57. The molecule has 0 atom stereocenters. The molecule has 4 aromatic rings. The first-order chi connectivity index (χ1) is 16.9. The highest BCUT2D eigenvalue weighted by Gasteiger charge is 2.19. The molecule has 0 aliphatic carbocycles. The van der Waals surface area contributed by atoms with Crippen molar-refractivity contribution < 1.29 is 9.59 Å². The Kier molecular flexibility index (Phi) is 7.32. The van der Waals surface area contributed by atoms with Crippen molar-refractivity contribution in [3.8, 4) is 0 Å². The maximum absolute atomic E-state index is 13.0. The van der Waals surface area contributed by atoms with Crippen LogP contribution in [0.1, 0.15) is 30.0 Å². The van der Waals surface area contributed by atoms with Crippen LogP contribution in [0.25, 0.3) is 10.9 Å². The molecule has 3 aromatic carbocycles. The summed E-state index contributed by atoms with van der Waals surface area (Å²) in [5.41, 5.74) is 1.85. The van der Waals surface area contributed by atoms with Crippen LogP contribution in [0.4, 0.5) is 11.4 Å². The van der Waals surface area contributed by atoms with E-state index in [2.05, 4.69) is 20.6 Å². The lowest BCUT2D eigenvalue weighted by molar-refractivity contribution is -0.117. The number of hydrogen-bond acceptors (Lipinski definition) is 5. The van der Waals surface area contributed by atoms with Gasteiger partial charge in [0.15, 0.2) is 0 Å². The minimum Gasteiger partial charge on any atom is -0.324 e. The van der Waals surface area contributed by atoms with Gasteiger partial charge in [0.2, 0.25) is 5.91 Å². The van der Waals surface area contributed by atoms with E-state index in [1.165, 1.54) is 0 Å². The van der Waals surface area contributed by atoms with Crippen molar-refractivity contribution in [2.45, 2.75) is 26.4 Å². The Morgan fingerprint density at radius 2 is 1.60 bits per heavy atom. The number of anilines is 2. The molecule has 35 heavy (non-hydrogen) atoms. The quantitative estimate of drug-likeness (QED) is 0.361. The summed E-state index contributed by atoms with van der Waals surface area (Å²) in [6.45, 7) is 4.28. The van der Waals surface area contributed by atoms with Crippen LogP contribution in [-0.2, 0) is 11.3 Å². The van der Waals surface area contributed by atoms with E-state index >= 15 is 0 Å². The van der Waals surface area contributed by atoms with Gasteiger partial charge in [-0.2, -0.15) is 0 Å². The Hall–Kier alpha value is -4.30. The van der Waals surface area contributed by atoms with Gasteiger partial charge in [-0.05, 0) is 50.2 Å². The Morgan fingerprint density at radius 3 is 2.37 bits per heavy atom. The number of H-pyrrole nitrogens is 1. The Morgan fingerprint density at radius 1 is 0.914 bits per heavy atom. The number of fused-ring (bicyclic) bond motifs is 1. The molecule has 4 rings (SSSR count). The molecule has 178 valence electrons. The van der Waals surface area contributed by atoms with Gasteiger partial charge >= 0.3 is 0 Å². The van der Waals surface area contributed by atoms with Crippen molar-refractivity contribution in [1.82, 2.24) is 14.9 Å². The van der Waals surface area contributed by atoms with Crippen molar-refractivity contribution in [2.75, 3.05) is 17.2 Å². The number of carbonyl (C=O) groups excluding carboxylic acids is 2. The first kappa shape index (κ1) is 23.8. The van der Waals surface area contributed by atoms with Crippen molar-refractivity contribution in [3.63, 3.8) is 0 Å². The van der Waals surface area contributed by atoms with E-state index in [1.54, 1.807) is 54.6 Å². The molecule has 0 saturated heterocycles. The topological polar surface area (TPSA) is 107 Å². The summed E-state index contributed by atoms with van der Waals surface area (Å²) in [5, 5.41) is 6.22. The molecule has 2 amide bonds. The predicted molar refractivity (Wildman–Crippen MR) is 137 cm³/mol. The van der Waals surface area contributed by atoms with Crippen LogP contribution >= 0.6 is 0 Å². The van der Waals surface area contributed by atoms with Gasteiger partial charge in [-0.3, -0.25) is 19.3 Å². The zero-order chi connectivity index (χ0) is 24.8. The molecular formula is C27H27N5O3. The normalized spacial score (nSPS) is 11.1. The Balaban J connectivity index is 1.47. The van der Waals surface area contributed by atoms with E-state index in [9.17, 15) is 14.4 Å². The highest BCUT2D eigenvalue weighted by atomic mass is 16.2. The molecule has 0 aliphatic rings. The molecule has 1 heterocycles. The number of para-hydroxylation sites is 3. The van der Waals surface area contributed by atoms with E-state index in [-0.39, 0.29) is 30.0 Å². The third-order valence-electron chi connectivity index (χ3n) is 5.57. The Bertz CT molecular complexity index is 1400. The molecule has 8 heteroatoms. The van der Waals surface area contributed by atoms with Crippen molar-refractivity contribution >= 4 is 34.1 Å². The number of amides is 2. The van der Waals surface area contributed by atoms with Gasteiger partial charge in [-0.25, -0.2) is 4.98 Å². The van der Waals surface area contributed by atoms with Crippen LogP contribution in [-0.4, -0.2) is 39.3 Å². The number of benzene rings is 3. The number of nitrogens with zero attached hydrogens (tertiary/aromatic N) is 2. The second kappa shape index (κ2) is 10.8. The molecule has 0 spiro atoms. The van der Waals surface area contributed by atoms with Gasteiger partial charge in [-0.15, -0.1) is 0 Å². The zero-order valence-electron chi connectivity index (χ0n) is 19.6. The van der Waals surface area contributed by atoms with E-state index in [4.69, 9.17) is 0 Å². The standard InChI is InChI=1S/C27H27N5O3/c1-18(2)32(16-24-29-22-14-8-6-12-20(22)27(35)31-24)17-25(33)30-23-15-9-7-13-21(23)26(34)28-19-10-4-3-5-11-19/h3-15,18H,16-17H2,1-2H3,(H,28,34)(H,30,33)(H,29,31,35). The van der Waals surface area contributed by atoms with E-state index in [1.807, 2.05) is 43.0 Å². The summed E-state index contributed by atoms with van der Waals surface area (Å²) in [5.74, 6) is -0.106. The predicted octanol–water partition coefficient (Wildman–Crippen LogP) is 4.02. The van der Waals surface area contributed by atoms with Crippen molar-refractivity contribution in [1.29, 1.82) is 0 Å². The molecule has 0 aliphatic heterocycles. The second-order valence-electron chi connectivity index (χ2n) is 8.44. The smallest absolute Gasteiger partial charge is 0.258 e. The molecule has 0 saturated carbocycles. The van der Waals surface area contributed by atoms with E-state index in [0.29, 0.717) is 40.2 Å². The van der Waals surface area contributed by atoms with E-state index < -0.39 is 0 Å². The van der Waals surface area contributed by atoms with E-state index in [0.717, 1.165) is 0 Å². The Labute approximate surface area is 203 Å². The number of nitrogens with one attached hydrogen (secondary N) is 3. The van der Waals surface area contributed by atoms with Gasteiger partial charge in [0, 0.05) is 11.7 Å². The van der Waals surface area contributed by atoms with Gasteiger partial charge in [0.25, 0.3) is 11.5 Å². The lowest BCUT2D eigenvalue weighted by Gasteiger charge is -2.25. The first-order valence-corrected chi connectivity index (χ1v) is 11.4. The van der Waals surface area contributed by atoms with Gasteiger partial charge in [0.1, 0.15) is 5.82 Å². The van der Waals surface area contributed by atoms with Crippen molar-refractivity contribution in [3.05, 3.63) is 101 Å². The highest BCUT2D eigenvalue weighted by Crippen LogP contribution is 2.18. The lowest BCUT2D eigenvalue weighted by Crippen LogP contribution is -2.38. The molecule has 0 unspecified atom stereocenters. The number of aromatic amines is 1. The largest absolute Gasteiger partial charge is 0.324 e.